The van der Waals surface area contributed by atoms with Crippen molar-refractivity contribution < 1.29 is 14.3 Å². The van der Waals surface area contributed by atoms with Gasteiger partial charge in [0.15, 0.2) is 5.76 Å². The highest BCUT2D eigenvalue weighted by Gasteiger charge is 2.28. The maximum absolute atomic E-state index is 12.5. The van der Waals surface area contributed by atoms with Crippen molar-refractivity contribution in [2.24, 2.45) is 0 Å². The standard InChI is InChI=1S/C15H19N3O3/c19-11-12-4-1-2-9-18(12)15(20)14-6-5-13(21-14)10-17-8-3-7-16-17/h3,5-8,12,19H,1-2,4,9-11H2. The Kier molecular flexibility index (Phi) is 4.06. The van der Waals surface area contributed by atoms with E-state index in [0.29, 0.717) is 24.6 Å². The predicted molar refractivity (Wildman–Crippen MR) is 75.8 cm³/mol. The summed E-state index contributed by atoms with van der Waals surface area (Å²) >= 11 is 0. The SMILES string of the molecule is O=C(c1ccc(Cn2cccn2)o1)N1CCCCC1CO. The molecule has 0 spiro atoms. The van der Waals surface area contributed by atoms with Crippen molar-refractivity contribution in [3.63, 3.8) is 0 Å². The molecule has 1 amide bonds. The van der Waals surface area contributed by atoms with E-state index in [9.17, 15) is 9.90 Å². The molecule has 1 fully saturated rings. The van der Waals surface area contributed by atoms with Crippen LogP contribution in [-0.2, 0) is 6.54 Å². The molecule has 0 aromatic carbocycles. The Hall–Kier alpha value is -2.08. The number of amides is 1. The normalized spacial score (nSPS) is 18.9. The summed E-state index contributed by atoms with van der Waals surface area (Å²) in [5.74, 6) is 0.887. The van der Waals surface area contributed by atoms with Gasteiger partial charge < -0.3 is 14.4 Å². The number of carbonyl (C=O) groups excluding carboxylic acids is 1. The van der Waals surface area contributed by atoms with Crippen molar-refractivity contribution >= 4 is 5.91 Å². The van der Waals surface area contributed by atoms with Crippen molar-refractivity contribution in [1.82, 2.24) is 14.7 Å². The van der Waals surface area contributed by atoms with E-state index in [1.807, 2.05) is 12.3 Å². The quantitative estimate of drug-likeness (QED) is 0.926. The Bertz CT molecular complexity index is 591. The van der Waals surface area contributed by atoms with Crippen molar-refractivity contribution in [2.45, 2.75) is 31.8 Å². The zero-order valence-corrected chi connectivity index (χ0v) is 11.8. The molecule has 6 heteroatoms. The predicted octanol–water partition coefficient (Wildman–Crippen LogP) is 1.51. The number of nitrogens with zero attached hydrogens (tertiary/aromatic N) is 3. The fourth-order valence-corrected chi connectivity index (χ4v) is 2.73. The van der Waals surface area contributed by atoms with Crippen LogP contribution in [0.1, 0.15) is 35.6 Å². The molecular weight excluding hydrogens is 270 g/mol. The smallest absolute Gasteiger partial charge is 0.289 e. The second-order valence-corrected chi connectivity index (χ2v) is 5.30. The highest BCUT2D eigenvalue weighted by molar-refractivity contribution is 5.91. The summed E-state index contributed by atoms with van der Waals surface area (Å²) in [6.07, 6.45) is 6.43. The molecule has 6 nitrogen and oxygen atoms in total. The van der Waals surface area contributed by atoms with Crippen LogP contribution in [0.4, 0.5) is 0 Å². The number of aliphatic hydroxyl groups is 1. The van der Waals surface area contributed by atoms with E-state index in [-0.39, 0.29) is 18.6 Å². The highest BCUT2D eigenvalue weighted by atomic mass is 16.4. The molecule has 1 saturated heterocycles. The number of piperidine rings is 1. The van der Waals surface area contributed by atoms with Crippen molar-refractivity contribution in [2.75, 3.05) is 13.2 Å². The van der Waals surface area contributed by atoms with E-state index in [1.54, 1.807) is 27.9 Å². The molecule has 1 aliphatic heterocycles. The minimum absolute atomic E-state index is 0.00654. The lowest BCUT2D eigenvalue weighted by Crippen LogP contribution is -2.45. The number of carbonyl (C=O) groups is 1. The third kappa shape index (κ3) is 3.00. The molecule has 0 radical (unpaired) electrons. The Morgan fingerprint density at radius 3 is 3.10 bits per heavy atom. The van der Waals surface area contributed by atoms with Gasteiger partial charge in [-0.1, -0.05) is 0 Å². The van der Waals surface area contributed by atoms with E-state index >= 15 is 0 Å². The second-order valence-electron chi connectivity index (χ2n) is 5.30. The summed E-state index contributed by atoms with van der Waals surface area (Å²) in [7, 11) is 0. The lowest BCUT2D eigenvalue weighted by molar-refractivity contribution is 0.0471. The van der Waals surface area contributed by atoms with Crippen LogP contribution in [0.5, 0.6) is 0 Å². The van der Waals surface area contributed by atoms with Crippen molar-refractivity contribution in [1.29, 1.82) is 0 Å². The molecular formula is C15H19N3O3. The largest absolute Gasteiger partial charge is 0.454 e. The Labute approximate surface area is 123 Å². The third-order valence-corrected chi connectivity index (χ3v) is 3.85. The van der Waals surface area contributed by atoms with Gasteiger partial charge in [-0.05, 0) is 37.5 Å². The summed E-state index contributed by atoms with van der Waals surface area (Å²) in [5.41, 5.74) is 0. The van der Waals surface area contributed by atoms with Gasteiger partial charge in [-0.3, -0.25) is 9.48 Å². The van der Waals surface area contributed by atoms with Crippen LogP contribution >= 0.6 is 0 Å². The molecule has 112 valence electrons. The van der Waals surface area contributed by atoms with Gasteiger partial charge in [0.25, 0.3) is 5.91 Å². The lowest BCUT2D eigenvalue weighted by atomic mass is 10.0. The van der Waals surface area contributed by atoms with Gasteiger partial charge in [0.2, 0.25) is 0 Å². The molecule has 0 aliphatic carbocycles. The van der Waals surface area contributed by atoms with Gasteiger partial charge in [-0.15, -0.1) is 0 Å². The lowest BCUT2D eigenvalue weighted by Gasteiger charge is -2.33. The topological polar surface area (TPSA) is 71.5 Å². The van der Waals surface area contributed by atoms with Crippen LogP contribution in [-0.4, -0.2) is 44.9 Å². The minimum Gasteiger partial charge on any atom is -0.454 e. The first-order valence-electron chi connectivity index (χ1n) is 7.26. The van der Waals surface area contributed by atoms with Crippen LogP contribution in [0.3, 0.4) is 0 Å². The van der Waals surface area contributed by atoms with E-state index in [4.69, 9.17) is 4.42 Å². The average Bonchev–Trinajstić information content (AvgIpc) is 3.19. The minimum atomic E-state index is -0.138. The number of hydrogen-bond acceptors (Lipinski definition) is 4. The molecule has 1 aliphatic rings. The van der Waals surface area contributed by atoms with Gasteiger partial charge >= 0.3 is 0 Å². The molecule has 2 aromatic heterocycles. The number of likely N-dealkylation sites (tertiary alicyclic amines) is 1. The zero-order valence-electron chi connectivity index (χ0n) is 11.8. The fourth-order valence-electron chi connectivity index (χ4n) is 2.73. The third-order valence-electron chi connectivity index (χ3n) is 3.85. The Morgan fingerprint density at radius 1 is 1.43 bits per heavy atom. The highest BCUT2D eigenvalue weighted by Crippen LogP contribution is 2.20. The number of aromatic nitrogens is 2. The summed E-state index contributed by atoms with van der Waals surface area (Å²) in [4.78, 5) is 14.2. The monoisotopic (exact) mass is 289 g/mol. The molecule has 1 N–H and O–H groups in total. The molecule has 2 aromatic rings. The number of furan rings is 1. The summed E-state index contributed by atoms with van der Waals surface area (Å²) in [6.45, 7) is 1.19. The molecule has 1 unspecified atom stereocenters. The van der Waals surface area contributed by atoms with Crippen LogP contribution in [0.2, 0.25) is 0 Å². The van der Waals surface area contributed by atoms with Gasteiger partial charge in [0.05, 0.1) is 19.2 Å². The van der Waals surface area contributed by atoms with Gasteiger partial charge in [-0.2, -0.15) is 5.10 Å². The van der Waals surface area contributed by atoms with E-state index in [0.717, 1.165) is 19.3 Å². The van der Waals surface area contributed by atoms with Gasteiger partial charge in [0.1, 0.15) is 5.76 Å². The maximum Gasteiger partial charge on any atom is 0.289 e. The summed E-state index contributed by atoms with van der Waals surface area (Å²) in [6, 6.07) is 5.25. The van der Waals surface area contributed by atoms with Gasteiger partial charge in [0, 0.05) is 18.9 Å². The molecule has 0 bridgehead atoms. The first-order chi connectivity index (χ1) is 10.3. The first kappa shape index (κ1) is 13.9. The Balaban J connectivity index is 1.71. The van der Waals surface area contributed by atoms with Gasteiger partial charge in [-0.25, -0.2) is 0 Å². The number of hydrogen-bond donors (Lipinski definition) is 1. The summed E-state index contributed by atoms with van der Waals surface area (Å²) < 4.78 is 7.37. The van der Waals surface area contributed by atoms with Crippen molar-refractivity contribution in [3.05, 3.63) is 42.1 Å². The molecule has 1 atom stereocenters. The zero-order chi connectivity index (χ0) is 14.7. The molecule has 0 saturated carbocycles. The molecule has 3 heterocycles. The van der Waals surface area contributed by atoms with Crippen LogP contribution in [0.25, 0.3) is 0 Å². The second kappa shape index (κ2) is 6.13. The number of rotatable bonds is 4. The number of aliphatic hydroxyl groups excluding tert-OH is 1. The molecule has 21 heavy (non-hydrogen) atoms. The maximum atomic E-state index is 12.5. The van der Waals surface area contributed by atoms with Crippen LogP contribution in [0.15, 0.2) is 35.0 Å². The van der Waals surface area contributed by atoms with Crippen LogP contribution in [0, 0.1) is 0 Å². The van der Waals surface area contributed by atoms with Crippen molar-refractivity contribution in [3.8, 4) is 0 Å². The van der Waals surface area contributed by atoms with E-state index < -0.39 is 0 Å². The molecule has 3 rings (SSSR count). The first-order valence-corrected chi connectivity index (χ1v) is 7.26. The van der Waals surface area contributed by atoms with Crippen LogP contribution < -0.4 is 0 Å². The fraction of sp³-hybridized carbons (Fsp3) is 0.467. The average molecular weight is 289 g/mol. The van der Waals surface area contributed by atoms with E-state index in [1.165, 1.54) is 0 Å². The summed E-state index contributed by atoms with van der Waals surface area (Å²) in [5, 5.41) is 13.5. The van der Waals surface area contributed by atoms with E-state index in [2.05, 4.69) is 5.10 Å². The Morgan fingerprint density at radius 2 is 2.33 bits per heavy atom.